The van der Waals surface area contributed by atoms with Crippen LogP contribution in [0, 0.1) is 0 Å². The van der Waals surface area contributed by atoms with Crippen LogP contribution in [0.4, 0.5) is 0 Å². The highest BCUT2D eigenvalue weighted by Gasteiger charge is 2.44. The monoisotopic (exact) mass is 278 g/mol. The summed E-state index contributed by atoms with van der Waals surface area (Å²) in [5.74, 6) is 0. The molecule has 1 rings (SSSR count). The van der Waals surface area contributed by atoms with Gasteiger partial charge in [0.1, 0.15) is 24.4 Å². The summed E-state index contributed by atoms with van der Waals surface area (Å²) >= 11 is 0. The molecule has 1 saturated heterocycles. The summed E-state index contributed by atoms with van der Waals surface area (Å²) in [6.07, 6.45) is -2.44. The van der Waals surface area contributed by atoms with E-state index in [0.29, 0.717) is 0 Å². The van der Waals surface area contributed by atoms with Crippen LogP contribution in [0.5, 0.6) is 0 Å². The van der Waals surface area contributed by atoms with Gasteiger partial charge in [-0.1, -0.05) is 26.7 Å². The molecule has 5 atom stereocenters. The van der Waals surface area contributed by atoms with Crippen LogP contribution < -0.4 is 0 Å². The Morgan fingerprint density at radius 1 is 1.00 bits per heavy atom. The van der Waals surface area contributed by atoms with Crippen LogP contribution in [-0.4, -0.2) is 63.8 Å². The van der Waals surface area contributed by atoms with Gasteiger partial charge in [-0.05, 0) is 12.8 Å². The summed E-state index contributed by atoms with van der Waals surface area (Å²) in [4.78, 5) is 0. The molecule has 6 heteroatoms. The summed E-state index contributed by atoms with van der Waals surface area (Å²) in [5, 5.41) is 38.3. The van der Waals surface area contributed by atoms with Crippen LogP contribution >= 0.6 is 0 Å². The third-order valence-corrected chi connectivity index (χ3v) is 3.40. The SMILES string of the molecule is CCCC(CCC)OC1OC(CO)C(O)C(O)C1O. The summed E-state index contributed by atoms with van der Waals surface area (Å²) in [6, 6.07) is 0. The van der Waals surface area contributed by atoms with Crippen molar-refractivity contribution in [3.8, 4) is 0 Å². The summed E-state index contributed by atoms with van der Waals surface area (Å²) < 4.78 is 11.0. The molecule has 0 aliphatic carbocycles. The summed E-state index contributed by atoms with van der Waals surface area (Å²) in [7, 11) is 0. The Hall–Kier alpha value is -0.240. The van der Waals surface area contributed by atoms with Gasteiger partial charge in [0.05, 0.1) is 12.7 Å². The predicted octanol–water partition coefficient (Wildman–Crippen LogP) is -0.228. The van der Waals surface area contributed by atoms with Crippen LogP contribution in [0.1, 0.15) is 39.5 Å². The highest BCUT2D eigenvalue weighted by atomic mass is 16.7. The fourth-order valence-corrected chi connectivity index (χ4v) is 2.29. The molecule has 0 radical (unpaired) electrons. The molecule has 5 unspecified atom stereocenters. The van der Waals surface area contributed by atoms with Crippen LogP contribution in [0.2, 0.25) is 0 Å². The molecule has 0 saturated carbocycles. The van der Waals surface area contributed by atoms with Gasteiger partial charge in [0.15, 0.2) is 6.29 Å². The Balaban J connectivity index is 2.64. The molecule has 114 valence electrons. The molecule has 1 aliphatic rings. The van der Waals surface area contributed by atoms with E-state index in [1.807, 2.05) is 13.8 Å². The fraction of sp³-hybridized carbons (Fsp3) is 1.00. The van der Waals surface area contributed by atoms with Crippen LogP contribution in [0.3, 0.4) is 0 Å². The van der Waals surface area contributed by atoms with Crippen molar-refractivity contribution in [1.82, 2.24) is 0 Å². The van der Waals surface area contributed by atoms with E-state index < -0.39 is 37.3 Å². The lowest BCUT2D eigenvalue weighted by Gasteiger charge is -2.40. The molecule has 1 aliphatic heterocycles. The molecule has 0 aromatic carbocycles. The number of hydrogen-bond donors (Lipinski definition) is 4. The van der Waals surface area contributed by atoms with Crippen molar-refractivity contribution >= 4 is 0 Å². The smallest absolute Gasteiger partial charge is 0.186 e. The highest BCUT2D eigenvalue weighted by molar-refractivity contribution is 4.89. The summed E-state index contributed by atoms with van der Waals surface area (Å²) in [6.45, 7) is 3.65. The van der Waals surface area contributed by atoms with Gasteiger partial charge in [-0.2, -0.15) is 0 Å². The Kier molecular flexibility index (Phi) is 7.20. The second-order valence-electron chi connectivity index (χ2n) is 5.03. The van der Waals surface area contributed by atoms with Crippen LogP contribution in [0.15, 0.2) is 0 Å². The van der Waals surface area contributed by atoms with Crippen molar-refractivity contribution in [2.75, 3.05) is 6.61 Å². The highest BCUT2D eigenvalue weighted by Crippen LogP contribution is 2.24. The Labute approximate surface area is 114 Å². The summed E-state index contributed by atoms with van der Waals surface area (Å²) in [5.41, 5.74) is 0. The standard InChI is InChI=1S/C13H26O6/c1-3-5-8(6-4-2)18-13-12(17)11(16)10(15)9(7-14)19-13/h8-17H,3-7H2,1-2H3. The van der Waals surface area contributed by atoms with E-state index in [2.05, 4.69) is 0 Å². The largest absolute Gasteiger partial charge is 0.394 e. The third-order valence-electron chi connectivity index (χ3n) is 3.40. The third kappa shape index (κ3) is 4.37. The maximum atomic E-state index is 9.86. The molecule has 1 heterocycles. The van der Waals surface area contributed by atoms with Gasteiger partial charge in [0.2, 0.25) is 0 Å². The molecule has 4 N–H and O–H groups in total. The number of hydrogen-bond acceptors (Lipinski definition) is 6. The maximum Gasteiger partial charge on any atom is 0.186 e. The Morgan fingerprint density at radius 3 is 2.05 bits per heavy atom. The van der Waals surface area contributed by atoms with Crippen molar-refractivity contribution in [3.63, 3.8) is 0 Å². The Morgan fingerprint density at radius 2 is 1.58 bits per heavy atom. The number of aliphatic hydroxyl groups excluding tert-OH is 4. The van der Waals surface area contributed by atoms with Gasteiger partial charge >= 0.3 is 0 Å². The minimum Gasteiger partial charge on any atom is -0.394 e. The van der Waals surface area contributed by atoms with Crippen LogP contribution in [0.25, 0.3) is 0 Å². The van der Waals surface area contributed by atoms with Gasteiger partial charge in [0, 0.05) is 0 Å². The van der Waals surface area contributed by atoms with Crippen molar-refractivity contribution in [3.05, 3.63) is 0 Å². The zero-order valence-electron chi connectivity index (χ0n) is 11.6. The molecule has 0 bridgehead atoms. The zero-order valence-corrected chi connectivity index (χ0v) is 11.6. The molecule has 0 amide bonds. The van der Waals surface area contributed by atoms with Crippen molar-refractivity contribution in [2.45, 2.75) is 76.3 Å². The number of rotatable bonds is 7. The second kappa shape index (κ2) is 8.14. The van der Waals surface area contributed by atoms with Crippen molar-refractivity contribution in [2.24, 2.45) is 0 Å². The van der Waals surface area contributed by atoms with E-state index in [4.69, 9.17) is 14.6 Å². The van der Waals surface area contributed by atoms with E-state index in [0.717, 1.165) is 25.7 Å². The first-order chi connectivity index (χ1) is 9.04. The van der Waals surface area contributed by atoms with Gasteiger partial charge in [-0.25, -0.2) is 0 Å². The first-order valence-corrected chi connectivity index (χ1v) is 7.01. The molecular formula is C13H26O6. The fourth-order valence-electron chi connectivity index (χ4n) is 2.29. The zero-order chi connectivity index (χ0) is 14.4. The lowest BCUT2D eigenvalue weighted by Crippen LogP contribution is -2.59. The van der Waals surface area contributed by atoms with E-state index in [1.165, 1.54) is 0 Å². The minimum atomic E-state index is -1.38. The first kappa shape index (κ1) is 16.8. The molecule has 19 heavy (non-hydrogen) atoms. The van der Waals surface area contributed by atoms with Crippen LogP contribution in [-0.2, 0) is 9.47 Å². The van der Waals surface area contributed by atoms with Gasteiger partial charge in [-0.3, -0.25) is 0 Å². The van der Waals surface area contributed by atoms with Crippen molar-refractivity contribution < 1.29 is 29.9 Å². The predicted molar refractivity (Wildman–Crippen MR) is 68.5 cm³/mol. The van der Waals surface area contributed by atoms with E-state index in [1.54, 1.807) is 0 Å². The molecular weight excluding hydrogens is 252 g/mol. The normalized spacial score (nSPS) is 35.8. The van der Waals surface area contributed by atoms with E-state index in [9.17, 15) is 15.3 Å². The van der Waals surface area contributed by atoms with E-state index in [-0.39, 0.29) is 6.10 Å². The molecule has 1 fully saturated rings. The maximum absolute atomic E-state index is 9.86. The van der Waals surface area contributed by atoms with Gasteiger partial charge in [0.25, 0.3) is 0 Å². The quantitative estimate of drug-likeness (QED) is 0.513. The Bertz CT molecular complexity index is 241. The minimum absolute atomic E-state index is 0.0589. The van der Waals surface area contributed by atoms with Gasteiger partial charge < -0.3 is 29.9 Å². The molecule has 0 aromatic rings. The molecule has 0 aromatic heterocycles. The molecule has 6 nitrogen and oxygen atoms in total. The lowest BCUT2D eigenvalue weighted by atomic mass is 9.99. The van der Waals surface area contributed by atoms with Gasteiger partial charge in [-0.15, -0.1) is 0 Å². The van der Waals surface area contributed by atoms with E-state index >= 15 is 0 Å². The first-order valence-electron chi connectivity index (χ1n) is 7.01. The lowest BCUT2D eigenvalue weighted by molar-refractivity contribution is -0.312. The average molecular weight is 278 g/mol. The topological polar surface area (TPSA) is 99.4 Å². The van der Waals surface area contributed by atoms with Crippen molar-refractivity contribution in [1.29, 1.82) is 0 Å². The number of ether oxygens (including phenoxy) is 2. The second-order valence-corrected chi connectivity index (χ2v) is 5.03. The average Bonchev–Trinajstić information content (AvgIpc) is 2.40. The number of aliphatic hydroxyl groups is 4. The molecule has 0 spiro atoms.